The van der Waals surface area contributed by atoms with Gasteiger partial charge in [0.15, 0.2) is 0 Å². The molecule has 7 nitrogen and oxygen atoms in total. The molecule has 0 amide bonds. The molecular formula is C25H20F4N2O5. The van der Waals surface area contributed by atoms with E-state index in [0.717, 1.165) is 24.3 Å². The van der Waals surface area contributed by atoms with Crippen molar-refractivity contribution in [3.05, 3.63) is 89.5 Å². The Morgan fingerprint density at radius 2 is 1.56 bits per heavy atom. The molecule has 0 heterocycles. The number of esters is 2. The fraction of sp³-hybridized carbons (Fsp3) is 0.120. The molecule has 3 rings (SSSR count). The molecule has 0 atom stereocenters. The molecule has 0 aromatic heterocycles. The fourth-order valence-corrected chi connectivity index (χ4v) is 2.79. The zero-order chi connectivity index (χ0) is 26.3. The predicted molar refractivity (Wildman–Crippen MR) is 124 cm³/mol. The number of benzene rings is 3. The topological polar surface area (TPSA) is 114 Å². The molecule has 0 aliphatic carbocycles. The molecule has 0 unspecified atom stereocenters. The maximum absolute atomic E-state index is 12.9. The Balaban J connectivity index is 1.52. The van der Waals surface area contributed by atoms with Gasteiger partial charge in [-0.3, -0.25) is 0 Å². The van der Waals surface area contributed by atoms with E-state index in [0.29, 0.717) is 22.5 Å². The smallest absolute Gasteiger partial charge is 0.458 e. The van der Waals surface area contributed by atoms with Crippen LogP contribution in [-0.4, -0.2) is 24.5 Å². The number of hydrogen-bond donors (Lipinski definition) is 2. The van der Waals surface area contributed by atoms with Crippen molar-refractivity contribution in [1.29, 1.82) is 0 Å². The third-order valence-corrected chi connectivity index (χ3v) is 4.64. The van der Waals surface area contributed by atoms with Gasteiger partial charge in [-0.1, -0.05) is 12.1 Å². The van der Waals surface area contributed by atoms with Gasteiger partial charge in [-0.2, -0.15) is 17.6 Å². The number of ether oxygens (including phenoxy) is 3. The average molecular weight is 504 g/mol. The van der Waals surface area contributed by atoms with Crippen LogP contribution in [0.15, 0.2) is 72.8 Å². The normalized spacial score (nSPS) is 11.5. The summed E-state index contributed by atoms with van der Waals surface area (Å²) in [6.45, 7) is -0.0450. The lowest BCUT2D eigenvalue weighted by molar-refractivity contribution is -0.253. The van der Waals surface area contributed by atoms with Crippen LogP contribution in [0.2, 0.25) is 0 Å². The van der Waals surface area contributed by atoms with Gasteiger partial charge >= 0.3 is 24.5 Å². The quantitative estimate of drug-likeness (QED) is 0.138. The number of alkyl halides is 4. The monoisotopic (exact) mass is 504 g/mol. The Kier molecular flexibility index (Phi) is 8.15. The summed E-state index contributed by atoms with van der Waals surface area (Å²) in [6, 6.07) is 15.0. The number of hydrogen-bond acceptors (Lipinski definition) is 7. The highest BCUT2D eigenvalue weighted by atomic mass is 19.3. The minimum absolute atomic E-state index is 0.0183. The van der Waals surface area contributed by atoms with E-state index >= 15 is 0 Å². The first kappa shape index (κ1) is 26.1. The molecule has 188 valence electrons. The lowest BCUT2D eigenvalue weighted by Gasteiger charge is -2.16. The molecule has 4 N–H and O–H groups in total. The van der Waals surface area contributed by atoms with Crippen LogP contribution < -0.4 is 20.9 Å². The molecule has 0 bridgehead atoms. The van der Waals surface area contributed by atoms with Gasteiger partial charge < -0.3 is 25.7 Å². The Morgan fingerprint density at radius 3 is 2.19 bits per heavy atom. The highest BCUT2D eigenvalue weighted by molar-refractivity contribution is 5.91. The Labute approximate surface area is 202 Å². The molecule has 0 aliphatic rings. The lowest BCUT2D eigenvalue weighted by atomic mass is 10.2. The van der Waals surface area contributed by atoms with E-state index in [1.54, 1.807) is 30.3 Å². The molecule has 36 heavy (non-hydrogen) atoms. The number of nitrogens with two attached hydrogens (primary N) is 2. The number of carbonyl (C=O) groups is 2. The van der Waals surface area contributed by atoms with Crippen LogP contribution in [-0.2, 0) is 16.1 Å². The summed E-state index contributed by atoms with van der Waals surface area (Å²) in [6.07, 6.45) is -5.95. The standard InChI is InChI=1S/C25H20F4N2O5/c26-24(27)25(28,29)36-20-9-4-16(5-10-20)23(33)35-19-7-1-15(2-8-19)3-12-22(32)34-14-17-13-18(30)6-11-21(17)31/h1-13,24H,14,30-31H2/b12-3+. The van der Waals surface area contributed by atoms with Gasteiger partial charge in [-0.05, 0) is 66.2 Å². The van der Waals surface area contributed by atoms with E-state index in [2.05, 4.69) is 4.74 Å². The molecule has 0 saturated carbocycles. The average Bonchev–Trinajstić information content (AvgIpc) is 2.84. The molecule has 0 aliphatic heterocycles. The maximum Gasteiger partial charge on any atom is 0.461 e. The SMILES string of the molecule is Nc1ccc(N)c(COC(=O)/C=C/c2ccc(OC(=O)c3ccc(OC(F)(F)C(F)F)cc3)cc2)c1. The number of nitrogen functional groups attached to an aromatic ring is 2. The molecule has 0 fully saturated rings. The zero-order valence-electron chi connectivity index (χ0n) is 18.5. The summed E-state index contributed by atoms with van der Waals surface area (Å²) in [5.74, 6) is -1.79. The Morgan fingerprint density at radius 1 is 0.917 bits per heavy atom. The second kappa shape index (κ2) is 11.3. The van der Waals surface area contributed by atoms with Gasteiger partial charge in [0.2, 0.25) is 0 Å². The molecule has 3 aromatic rings. The van der Waals surface area contributed by atoms with Gasteiger partial charge in [-0.15, -0.1) is 0 Å². The number of carbonyl (C=O) groups excluding carboxylic acids is 2. The van der Waals surface area contributed by atoms with Crippen molar-refractivity contribution >= 4 is 29.4 Å². The first-order valence-corrected chi connectivity index (χ1v) is 10.3. The van der Waals surface area contributed by atoms with Crippen molar-refractivity contribution in [3.63, 3.8) is 0 Å². The molecule has 3 aromatic carbocycles. The molecule has 0 radical (unpaired) electrons. The van der Waals surface area contributed by atoms with Crippen molar-refractivity contribution in [2.45, 2.75) is 19.1 Å². The van der Waals surface area contributed by atoms with E-state index in [4.69, 9.17) is 20.9 Å². The van der Waals surface area contributed by atoms with Crippen LogP contribution in [0.3, 0.4) is 0 Å². The van der Waals surface area contributed by atoms with Crippen molar-refractivity contribution in [1.82, 2.24) is 0 Å². The third kappa shape index (κ3) is 7.23. The largest absolute Gasteiger partial charge is 0.461 e. The highest BCUT2D eigenvalue weighted by Crippen LogP contribution is 2.27. The number of anilines is 2. The summed E-state index contributed by atoms with van der Waals surface area (Å²) in [7, 11) is 0. The Hall–Kier alpha value is -4.54. The molecule has 11 heteroatoms. The van der Waals surface area contributed by atoms with E-state index in [1.807, 2.05) is 0 Å². The minimum atomic E-state index is -4.65. The van der Waals surface area contributed by atoms with Crippen molar-refractivity contribution in [3.8, 4) is 11.5 Å². The van der Waals surface area contributed by atoms with E-state index in [9.17, 15) is 27.2 Å². The van der Waals surface area contributed by atoms with E-state index in [1.165, 1.54) is 24.3 Å². The van der Waals surface area contributed by atoms with Crippen molar-refractivity contribution < 1.29 is 41.4 Å². The van der Waals surface area contributed by atoms with Gasteiger partial charge in [0.25, 0.3) is 0 Å². The summed E-state index contributed by atoms with van der Waals surface area (Å²) in [5, 5.41) is 0. The van der Waals surface area contributed by atoms with E-state index in [-0.39, 0.29) is 17.9 Å². The van der Waals surface area contributed by atoms with Crippen LogP contribution in [0.4, 0.5) is 28.9 Å². The second-order valence-electron chi connectivity index (χ2n) is 7.35. The van der Waals surface area contributed by atoms with Gasteiger partial charge in [0.1, 0.15) is 18.1 Å². The van der Waals surface area contributed by atoms with Gasteiger partial charge in [0, 0.05) is 23.0 Å². The zero-order valence-corrected chi connectivity index (χ0v) is 18.5. The van der Waals surface area contributed by atoms with Crippen molar-refractivity contribution in [2.24, 2.45) is 0 Å². The van der Waals surface area contributed by atoms with Crippen LogP contribution >= 0.6 is 0 Å². The molecular weight excluding hydrogens is 484 g/mol. The van der Waals surface area contributed by atoms with Gasteiger partial charge in [0.05, 0.1) is 5.56 Å². The molecule has 0 spiro atoms. The number of rotatable bonds is 9. The van der Waals surface area contributed by atoms with E-state index < -0.39 is 30.2 Å². The lowest BCUT2D eigenvalue weighted by Crippen LogP contribution is -2.33. The summed E-state index contributed by atoms with van der Waals surface area (Å²) < 4.78 is 64.5. The van der Waals surface area contributed by atoms with Crippen LogP contribution in [0.25, 0.3) is 6.08 Å². The second-order valence-corrected chi connectivity index (χ2v) is 7.35. The predicted octanol–water partition coefficient (Wildman–Crippen LogP) is 5.06. The van der Waals surface area contributed by atoms with Gasteiger partial charge in [-0.25, -0.2) is 9.59 Å². The Bertz CT molecular complexity index is 1250. The first-order valence-electron chi connectivity index (χ1n) is 10.3. The summed E-state index contributed by atoms with van der Waals surface area (Å²) >= 11 is 0. The minimum Gasteiger partial charge on any atom is -0.458 e. The molecule has 0 saturated heterocycles. The van der Waals surface area contributed by atoms with Crippen LogP contribution in [0, 0.1) is 0 Å². The first-order chi connectivity index (χ1) is 17.0. The highest BCUT2D eigenvalue weighted by Gasteiger charge is 2.43. The maximum atomic E-state index is 12.9. The third-order valence-electron chi connectivity index (χ3n) is 4.64. The summed E-state index contributed by atoms with van der Waals surface area (Å²) in [5.41, 5.74) is 13.6. The van der Waals surface area contributed by atoms with Crippen molar-refractivity contribution in [2.75, 3.05) is 11.5 Å². The number of halogens is 4. The fourth-order valence-electron chi connectivity index (χ4n) is 2.79. The van der Waals surface area contributed by atoms with Crippen LogP contribution in [0.5, 0.6) is 11.5 Å². The van der Waals surface area contributed by atoms with Crippen LogP contribution in [0.1, 0.15) is 21.5 Å². The summed E-state index contributed by atoms with van der Waals surface area (Å²) in [4.78, 5) is 24.2.